The fraction of sp³-hybridized carbons (Fsp3) is 0.564. The van der Waals surface area contributed by atoms with Gasteiger partial charge in [0.15, 0.2) is 5.43 Å². The monoisotopic (exact) mass is 755 g/mol. The average Bonchev–Trinajstić information content (AvgIpc) is 4.05. The van der Waals surface area contributed by atoms with E-state index in [9.17, 15) is 19.2 Å². The number of likely N-dealkylation sites (tertiary alicyclic amines) is 1. The van der Waals surface area contributed by atoms with E-state index in [-0.39, 0.29) is 17.3 Å². The highest BCUT2D eigenvalue weighted by Crippen LogP contribution is 2.31. The number of rotatable bonds is 15. The summed E-state index contributed by atoms with van der Waals surface area (Å²) in [6.45, 7) is 16.1. The predicted molar refractivity (Wildman–Crippen MR) is 213 cm³/mol. The van der Waals surface area contributed by atoms with Gasteiger partial charge in [0.2, 0.25) is 18.7 Å². The lowest BCUT2D eigenvalue weighted by atomic mass is 10.1. The van der Waals surface area contributed by atoms with Gasteiger partial charge in [-0.25, -0.2) is 4.98 Å². The van der Waals surface area contributed by atoms with E-state index in [0.717, 1.165) is 90.1 Å². The van der Waals surface area contributed by atoms with Crippen LogP contribution < -0.4 is 20.2 Å². The summed E-state index contributed by atoms with van der Waals surface area (Å²) in [6.07, 6.45) is 12.5. The molecule has 0 radical (unpaired) electrons. The lowest BCUT2D eigenvalue weighted by Crippen LogP contribution is -2.38. The molecule has 1 aliphatic heterocycles. The number of hydrogen-bond donors (Lipinski definition) is 3. The molecule has 0 bridgehead atoms. The summed E-state index contributed by atoms with van der Waals surface area (Å²) in [5.41, 5.74) is 3.53. The maximum absolute atomic E-state index is 12.4. The van der Waals surface area contributed by atoms with Crippen molar-refractivity contribution in [2.75, 3.05) is 26.9 Å². The Balaban J connectivity index is 0.000000212. The third kappa shape index (κ3) is 14.0. The first-order valence-electron chi connectivity index (χ1n) is 18.2. The maximum Gasteiger partial charge on any atom is 0.227 e. The molecule has 13 heteroatoms. The summed E-state index contributed by atoms with van der Waals surface area (Å²) in [4.78, 5) is 53.6. The van der Waals surface area contributed by atoms with Crippen LogP contribution in [0.4, 0.5) is 0 Å². The second-order valence-electron chi connectivity index (χ2n) is 13.6. The van der Waals surface area contributed by atoms with Crippen LogP contribution in [0.15, 0.2) is 41.0 Å². The Labute approximate surface area is 316 Å². The van der Waals surface area contributed by atoms with Gasteiger partial charge in [-0.1, -0.05) is 26.8 Å². The first kappa shape index (κ1) is 42.7. The number of thiazole rings is 1. The number of unbranched alkanes of at least 4 members (excludes halogenated alkanes) is 1. The van der Waals surface area contributed by atoms with Crippen LogP contribution in [0.5, 0.6) is 5.75 Å². The number of H-pyrrole nitrogens is 1. The van der Waals surface area contributed by atoms with Crippen molar-refractivity contribution in [3.8, 4) is 16.5 Å². The summed E-state index contributed by atoms with van der Waals surface area (Å²) in [5.74, 6) is 1.37. The van der Waals surface area contributed by atoms with Gasteiger partial charge in [-0.2, -0.15) is 0 Å². The molecule has 2 unspecified atom stereocenters. The summed E-state index contributed by atoms with van der Waals surface area (Å²) in [7, 11) is 1.63. The quantitative estimate of drug-likeness (QED) is 0.0643. The number of aromatic amines is 1. The Morgan fingerprint density at radius 3 is 2.46 bits per heavy atom. The smallest absolute Gasteiger partial charge is 0.227 e. The minimum atomic E-state index is -0.0146. The minimum Gasteiger partial charge on any atom is -0.496 e. The van der Waals surface area contributed by atoms with E-state index in [1.54, 1.807) is 30.6 Å². The number of benzene rings is 1. The Morgan fingerprint density at radius 1 is 1.17 bits per heavy atom. The van der Waals surface area contributed by atoms with Gasteiger partial charge in [0, 0.05) is 52.9 Å². The van der Waals surface area contributed by atoms with E-state index in [2.05, 4.69) is 47.4 Å². The average molecular weight is 756 g/mol. The molecule has 6 rings (SSSR count). The zero-order valence-corrected chi connectivity index (χ0v) is 33.2. The van der Waals surface area contributed by atoms with Crippen molar-refractivity contribution in [2.24, 2.45) is 5.92 Å². The Morgan fingerprint density at radius 2 is 1.92 bits per heavy atom. The highest BCUT2D eigenvalue weighted by Gasteiger charge is 2.28. The lowest BCUT2D eigenvalue weighted by Gasteiger charge is -2.25. The number of aryl methyl sites for hydroxylation is 1. The van der Waals surface area contributed by atoms with Crippen molar-refractivity contribution >= 4 is 52.9 Å². The van der Waals surface area contributed by atoms with Crippen molar-refractivity contribution in [3.63, 3.8) is 0 Å². The zero-order valence-electron chi connectivity index (χ0n) is 31.6. The topological polar surface area (TPSA) is 143 Å². The molecular weight excluding hydrogens is 699 g/mol. The van der Waals surface area contributed by atoms with Crippen LogP contribution in [0, 0.1) is 12.8 Å². The molecule has 0 spiro atoms. The molecule has 3 amide bonds. The van der Waals surface area contributed by atoms with E-state index in [4.69, 9.17) is 9.47 Å². The second-order valence-corrected chi connectivity index (χ2v) is 15.6. The van der Waals surface area contributed by atoms with Crippen LogP contribution in [0.3, 0.4) is 0 Å². The summed E-state index contributed by atoms with van der Waals surface area (Å²) < 4.78 is 13.4. The maximum atomic E-state index is 12.4. The number of carbonyl (C=O) groups excluding carboxylic acids is 3. The molecule has 3 N–H and O–H groups in total. The molecule has 3 heterocycles. The third-order valence-corrected chi connectivity index (χ3v) is 10.7. The van der Waals surface area contributed by atoms with Crippen molar-refractivity contribution in [1.29, 1.82) is 0 Å². The molecule has 2 aliphatic carbocycles. The molecule has 1 saturated heterocycles. The zero-order chi connectivity index (χ0) is 38.0. The fourth-order valence-corrected chi connectivity index (χ4v) is 6.88. The van der Waals surface area contributed by atoms with Crippen molar-refractivity contribution in [2.45, 2.75) is 109 Å². The van der Waals surface area contributed by atoms with E-state index in [1.165, 1.54) is 37.6 Å². The molecule has 3 aromatic rings. The van der Waals surface area contributed by atoms with Gasteiger partial charge in [0.05, 0.1) is 36.5 Å². The van der Waals surface area contributed by atoms with E-state index < -0.39 is 0 Å². The number of methoxy groups -OCH3 is 1. The first-order chi connectivity index (χ1) is 25.0. The number of nitrogens with one attached hydrogen (secondary N) is 3. The SMILES string of the molecule is C=CCCCOCC(C)C(=O)N1CCCC1C.COc1ccc2c(=O)cc(-c3nc(C(C)C)cs3)[nH]c2c1C.O=CNC1CC1.O=CNSC1CC1. The van der Waals surface area contributed by atoms with E-state index >= 15 is 0 Å². The van der Waals surface area contributed by atoms with Crippen LogP contribution in [0.2, 0.25) is 0 Å². The van der Waals surface area contributed by atoms with Gasteiger partial charge in [-0.05, 0) is 95.2 Å². The van der Waals surface area contributed by atoms with Crippen molar-refractivity contribution in [3.05, 3.63) is 57.7 Å². The number of fused-ring (bicyclic) bond motifs is 1. The molecule has 11 nitrogen and oxygen atoms in total. The predicted octanol–water partition coefficient (Wildman–Crippen LogP) is 7.15. The Hall–Kier alpha value is -3.68. The first-order valence-corrected chi connectivity index (χ1v) is 20.0. The normalized spacial score (nSPS) is 16.7. The third-order valence-electron chi connectivity index (χ3n) is 8.79. The number of nitrogens with zero attached hydrogens (tertiary/aromatic N) is 2. The van der Waals surface area contributed by atoms with Gasteiger partial charge < -0.3 is 29.4 Å². The fourth-order valence-electron chi connectivity index (χ4n) is 5.31. The number of ether oxygens (including phenoxy) is 2. The largest absolute Gasteiger partial charge is 0.496 e. The van der Waals surface area contributed by atoms with Crippen LogP contribution in [-0.4, -0.2) is 77.8 Å². The van der Waals surface area contributed by atoms with Gasteiger partial charge >= 0.3 is 0 Å². The van der Waals surface area contributed by atoms with Gasteiger partial charge in [-0.15, -0.1) is 17.9 Å². The van der Waals surface area contributed by atoms with E-state index in [0.29, 0.717) is 30.0 Å². The van der Waals surface area contributed by atoms with Crippen LogP contribution in [-0.2, 0) is 19.1 Å². The number of pyridine rings is 1. The molecular formula is C39H57N5O6S2. The number of carbonyl (C=O) groups is 3. The number of amides is 3. The Kier molecular flexibility index (Phi) is 18.4. The Bertz CT molecular complexity index is 1630. The van der Waals surface area contributed by atoms with Crippen molar-refractivity contribution < 1.29 is 23.9 Å². The molecule has 2 saturated carbocycles. The highest BCUT2D eigenvalue weighted by atomic mass is 32.2. The number of allylic oxidation sites excluding steroid dienone is 1. The van der Waals surface area contributed by atoms with Gasteiger partial charge in [0.25, 0.3) is 0 Å². The van der Waals surface area contributed by atoms with Crippen LogP contribution >= 0.6 is 23.3 Å². The molecule has 2 atom stereocenters. The standard InChI is InChI=1S/C17H18N2O2S.C14H25NO2.C4H7NOS.C4H7NO/c1-9(2)13-8-22-17(19-13)12-7-14(20)11-5-6-15(21-4)10(3)16(11)18-12;1-4-5-6-10-17-11-12(2)14(16)15-9-7-8-13(15)3;6-3-5-7-4-1-2-4;6-3-5-4-1-2-4/h5-9H,1-4H3,(H,18,20);4,12-13H,1,5-11H2,2-3H3;3-4H,1-2H2,(H,5,6);3-4H,1-2H2,(H,5,6). The van der Waals surface area contributed by atoms with Gasteiger partial charge in [0.1, 0.15) is 10.8 Å². The van der Waals surface area contributed by atoms with E-state index in [1.807, 2.05) is 36.3 Å². The van der Waals surface area contributed by atoms with Crippen molar-refractivity contribution in [1.82, 2.24) is 24.9 Å². The summed E-state index contributed by atoms with van der Waals surface area (Å²) in [6, 6.07) is 6.18. The molecule has 3 fully saturated rings. The van der Waals surface area contributed by atoms with Crippen LogP contribution in [0.25, 0.3) is 21.6 Å². The molecule has 52 heavy (non-hydrogen) atoms. The number of aromatic nitrogens is 2. The molecule has 3 aliphatic rings. The molecule has 1 aromatic carbocycles. The summed E-state index contributed by atoms with van der Waals surface area (Å²) in [5, 5.41) is 6.92. The lowest BCUT2D eigenvalue weighted by molar-refractivity contribution is -0.137. The minimum absolute atomic E-state index is 0.00389. The number of hydrogen-bond acceptors (Lipinski definition) is 9. The molecule has 286 valence electrons. The van der Waals surface area contributed by atoms with Gasteiger partial charge in [-0.3, -0.25) is 19.2 Å². The highest BCUT2D eigenvalue weighted by molar-refractivity contribution is 7.98. The van der Waals surface area contributed by atoms with Crippen LogP contribution in [0.1, 0.15) is 96.2 Å². The summed E-state index contributed by atoms with van der Waals surface area (Å²) >= 11 is 3.08. The second kappa shape index (κ2) is 22.4. The molecule has 2 aromatic heterocycles.